The number of hydrogen-bond donors (Lipinski definition) is 0. The number of hydrogen-bond acceptors (Lipinski definition) is 0. The molecule has 0 heterocycles. The van der Waals surface area contributed by atoms with Gasteiger partial charge in [-0.25, -0.2) is 0 Å². The van der Waals surface area contributed by atoms with Gasteiger partial charge in [-0.05, 0) is 0 Å². The Kier molecular flexibility index (Phi) is 4.61. The number of rotatable bonds is 4. The Morgan fingerprint density at radius 2 is 1.43 bits per heavy atom. The molecular formula is C13H21As. The van der Waals surface area contributed by atoms with Crippen LogP contribution in [0.5, 0.6) is 0 Å². The van der Waals surface area contributed by atoms with Crippen LogP contribution >= 0.6 is 0 Å². The van der Waals surface area contributed by atoms with Crippen LogP contribution in [0.4, 0.5) is 0 Å². The molecule has 0 saturated carbocycles. The van der Waals surface area contributed by atoms with Gasteiger partial charge < -0.3 is 0 Å². The van der Waals surface area contributed by atoms with E-state index in [9.17, 15) is 0 Å². The van der Waals surface area contributed by atoms with Gasteiger partial charge >= 0.3 is 90.2 Å². The third-order valence-electron chi connectivity index (χ3n) is 3.11. The van der Waals surface area contributed by atoms with E-state index in [2.05, 4.69) is 55.9 Å². The molecule has 1 rings (SSSR count). The van der Waals surface area contributed by atoms with Crippen LogP contribution in [0.15, 0.2) is 30.3 Å². The third-order valence-corrected chi connectivity index (χ3v) is 12.8. The molecule has 1 aromatic carbocycles. The molecule has 0 bridgehead atoms. The first-order valence-electron chi connectivity index (χ1n) is 5.53. The molecule has 0 amide bonds. The molecule has 0 aliphatic rings. The van der Waals surface area contributed by atoms with Crippen molar-refractivity contribution in [3.8, 4) is 0 Å². The topological polar surface area (TPSA) is 0 Å². The maximum atomic E-state index is 2.61. The summed E-state index contributed by atoms with van der Waals surface area (Å²) in [5.74, 6) is 0. The minimum atomic E-state index is -1.44. The standard InChI is InChI=1S/C13H21As/c1-4-14(5-2,6-3)12-13-10-8-7-9-11-13/h7-12H,4-6H2,1-3H3. The average Bonchev–Trinajstić information content (AvgIpc) is 2.28. The molecule has 0 aliphatic heterocycles. The van der Waals surface area contributed by atoms with Gasteiger partial charge in [-0.15, -0.1) is 0 Å². The average molecular weight is 252 g/mol. The zero-order valence-electron chi connectivity index (χ0n) is 9.53. The molecule has 1 aromatic rings. The summed E-state index contributed by atoms with van der Waals surface area (Å²) in [4.78, 5) is 2.61. The summed E-state index contributed by atoms with van der Waals surface area (Å²) in [7, 11) is 0. The summed E-state index contributed by atoms with van der Waals surface area (Å²) in [6.07, 6.45) is 0. The van der Waals surface area contributed by atoms with E-state index in [-0.39, 0.29) is 0 Å². The van der Waals surface area contributed by atoms with Crippen molar-refractivity contribution in [1.29, 1.82) is 0 Å². The summed E-state index contributed by atoms with van der Waals surface area (Å²) < 4.78 is 0. The summed E-state index contributed by atoms with van der Waals surface area (Å²) in [6, 6.07) is 10.8. The van der Waals surface area contributed by atoms with Gasteiger partial charge in [0.2, 0.25) is 0 Å². The molecule has 1 heteroatoms. The molecule has 0 spiro atoms. The van der Waals surface area contributed by atoms with Crippen molar-refractivity contribution in [1.82, 2.24) is 0 Å². The Morgan fingerprint density at radius 1 is 0.929 bits per heavy atom. The van der Waals surface area contributed by atoms with E-state index in [0.717, 1.165) is 0 Å². The van der Waals surface area contributed by atoms with Crippen LogP contribution in [0.25, 0.3) is 0 Å². The fourth-order valence-electron chi connectivity index (χ4n) is 1.80. The molecule has 0 atom stereocenters. The Hall–Kier alpha value is -0.352. The molecule has 0 nitrogen and oxygen atoms in total. The van der Waals surface area contributed by atoms with E-state index in [0.29, 0.717) is 0 Å². The molecule has 14 heavy (non-hydrogen) atoms. The molecule has 0 aromatic heterocycles. The van der Waals surface area contributed by atoms with Gasteiger partial charge in [0, 0.05) is 0 Å². The van der Waals surface area contributed by atoms with Gasteiger partial charge in [-0.2, -0.15) is 0 Å². The monoisotopic (exact) mass is 252 g/mol. The fourth-order valence-corrected chi connectivity index (χ4v) is 7.45. The van der Waals surface area contributed by atoms with Crippen LogP contribution in [0.3, 0.4) is 0 Å². The molecule has 0 aliphatic carbocycles. The molecule has 0 fully saturated rings. The van der Waals surface area contributed by atoms with Crippen molar-refractivity contribution in [2.75, 3.05) is 0 Å². The SMILES string of the molecule is CC[As](=Cc1ccccc1)(CC)CC. The second-order valence-corrected chi connectivity index (χ2v) is 13.3. The van der Waals surface area contributed by atoms with Gasteiger partial charge in [-0.1, -0.05) is 0 Å². The molecule has 0 unspecified atom stereocenters. The van der Waals surface area contributed by atoms with Crippen LogP contribution < -0.4 is 0 Å². The summed E-state index contributed by atoms with van der Waals surface area (Å²) >= 11 is -1.44. The summed E-state index contributed by atoms with van der Waals surface area (Å²) in [6.45, 7) is 7.08. The van der Waals surface area contributed by atoms with Crippen molar-refractivity contribution < 1.29 is 0 Å². The van der Waals surface area contributed by atoms with Gasteiger partial charge in [-0.3, -0.25) is 0 Å². The Morgan fingerprint density at radius 3 is 1.86 bits per heavy atom. The van der Waals surface area contributed by atoms with Crippen LogP contribution in [-0.2, 0) is 0 Å². The van der Waals surface area contributed by atoms with Crippen molar-refractivity contribution in [3.05, 3.63) is 35.9 Å². The zero-order chi connectivity index (χ0) is 10.4. The second kappa shape index (κ2) is 5.51. The molecule has 0 radical (unpaired) electrons. The van der Waals surface area contributed by atoms with E-state index in [1.807, 2.05) is 0 Å². The molecular weight excluding hydrogens is 231 g/mol. The van der Waals surface area contributed by atoms with Gasteiger partial charge in [0.1, 0.15) is 0 Å². The predicted molar refractivity (Wildman–Crippen MR) is 68.8 cm³/mol. The first-order valence-corrected chi connectivity index (χ1v) is 10.6. The Balaban J connectivity index is 3.05. The van der Waals surface area contributed by atoms with E-state index < -0.39 is 13.1 Å². The van der Waals surface area contributed by atoms with E-state index in [4.69, 9.17) is 0 Å². The zero-order valence-corrected chi connectivity index (χ0v) is 11.4. The van der Waals surface area contributed by atoms with Crippen molar-refractivity contribution in [2.24, 2.45) is 0 Å². The maximum absolute atomic E-state index is 2.61. The van der Waals surface area contributed by atoms with Crippen LogP contribution in [-0.4, -0.2) is 17.9 Å². The first-order chi connectivity index (χ1) is 6.76. The predicted octanol–water partition coefficient (Wildman–Crippen LogP) is 3.93. The van der Waals surface area contributed by atoms with Gasteiger partial charge in [0.05, 0.1) is 0 Å². The Labute approximate surface area is 90.3 Å². The normalized spacial score (nSPS) is 11.4. The van der Waals surface area contributed by atoms with E-state index in [1.165, 1.54) is 21.2 Å². The summed E-state index contributed by atoms with van der Waals surface area (Å²) in [5, 5.41) is 4.21. The molecule has 0 saturated heterocycles. The van der Waals surface area contributed by atoms with Crippen LogP contribution in [0.1, 0.15) is 26.3 Å². The van der Waals surface area contributed by atoms with Crippen molar-refractivity contribution in [3.63, 3.8) is 0 Å². The fraction of sp³-hybridized carbons (Fsp3) is 0.462. The van der Waals surface area contributed by atoms with Gasteiger partial charge in [0.25, 0.3) is 0 Å². The third kappa shape index (κ3) is 2.82. The Bertz CT molecular complexity index is 292. The van der Waals surface area contributed by atoms with Gasteiger partial charge in [0.15, 0.2) is 0 Å². The van der Waals surface area contributed by atoms with E-state index in [1.54, 1.807) is 0 Å². The van der Waals surface area contributed by atoms with Crippen LogP contribution in [0, 0.1) is 0 Å². The first kappa shape index (κ1) is 11.7. The minimum absolute atomic E-state index is 1.40. The second-order valence-electron chi connectivity index (χ2n) is 3.71. The molecule has 78 valence electrons. The van der Waals surface area contributed by atoms with Crippen molar-refractivity contribution in [2.45, 2.75) is 36.4 Å². The summed E-state index contributed by atoms with van der Waals surface area (Å²) in [5.41, 5.74) is 1.44. The van der Waals surface area contributed by atoms with Crippen LogP contribution in [0.2, 0.25) is 15.6 Å². The quantitative estimate of drug-likeness (QED) is 0.712. The molecule has 0 N–H and O–H groups in total. The van der Waals surface area contributed by atoms with Crippen molar-refractivity contribution >= 4 is 17.9 Å². The number of benzene rings is 1. The van der Waals surface area contributed by atoms with E-state index >= 15 is 0 Å².